The highest BCUT2D eigenvalue weighted by Crippen LogP contribution is 2.28. The van der Waals surface area contributed by atoms with Crippen LogP contribution >= 0.6 is 0 Å². The van der Waals surface area contributed by atoms with Gasteiger partial charge in [0.25, 0.3) is 0 Å². The molecule has 0 spiro atoms. The summed E-state index contributed by atoms with van der Waals surface area (Å²) in [5, 5.41) is 14.4. The summed E-state index contributed by atoms with van der Waals surface area (Å²) in [6, 6.07) is 16.9. The van der Waals surface area contributed by atoms with Crippen LogP contribution in [0.4, 0.5) is 0 Å². The Balaban J connectivity index is 2.21. The number of para-hydroxylation sites is 2. The van der Waals surface area contributed by atoms with E-state index in [-0.39, 0.29) is 5.75 Å². The second kappa shape index (κ2) is 4.57. The summed E-state index contributed by atoms with van der Waals surface area (Å²) in [5.74, 6) is 1.51. The van der Waals surface area contributed by atoms with Crippen molar-refractivity contribution < 1.29 is 5.11 Å². The summed E-state index contributed by atoms with van der Waals surface area (Å²) in [6.45, 7) is 1.84. The summed E-state index contributed by atoms with van der Waals surface area (Å²) in [5.41, 5.74) is 1.59. The summed E-state index contributed by atoms with van der Waals surface area (Å²) >= 11 is 0. The first kappa shape index (κ1) is 11.5. The number of phenols is 1. The van der Waals surface area contributed by atoms with Gasteiger partial charge in [0.1, 0.15) is 11.6 Å². The van der Waals surface area contributed by atoms with Crippen LogP contribution < -0.4 is 0 Å². The Morgan fingerprint density at radius 3 is 2.37 bits per heavy atom. The first-order valence-corrected chi connectivity index (χ1v) is 6.03. The molecule has 19 heavy (non-hydrogen) atoms. The number of nitrogens with zero attached hydrogens (tertiary/aromatic N) is 3. The van der Waals surface area contributed by atoms with E-state index < -0.39 is 0 Å². The molecule has 0 saturated heterocycles. The zero-order valence-corrected chi connectivity index (χ0v) is 10.5. The predicted molar refractivity (Wildman–Crippen MR) is 73.2 cm³/mol. The molecule has 0 saturated carbocycles. The first-order valence-electron chi connectivity index (χ1n) is 6.03. The Kier molecular flexibility index (Phi) is 2.76. The van der Waals surface area contributed by atoms with Crippen LogP contribution in [0.3, 0.4) is 0 Å². The lowest BCUT2D eigenvalue weighted by molar-refractivity contribution is 0.476. The molecule has 0 aliphatic carbocycles. The molecule has 0 atom stereocenters. The molecule has 1 N–H and O–H groups in total. The van der Waals surface area contributed by atoms with Crippen LogP contribution in [0.25, 0.3) is 17.1 Å². The molecule has 2 aromatic carbocycles. The number of hydrogen-bond donors (Lipinski definition) is 1. The van der Waals surface area contributed by atoms with Gasteiger partial charge in [0.2, 0.25) is 0 Å². The van der Waals surface area contributed by atoms with Gasteiger partial charge in [-0.3, -0.25) is 0 Å². The van der Waals surface area contributed by atoms with Crippen LogP contribution in [0, 0.1) is 6.92 Å². The van der Waals surface area contributed by atoms with Crippen molar-refractivity contribution in [2.45, 2.75) is 6.92 Å². The van der Waals surface area contributed by atoms with E-state index in [4.69, 9.17) is 0 Å². The van der Waals surface area contributed by atoms with Crippen LogP contribution in [-0.4, -0.2) is 19.9 Å². The molecule has 0 aliphatic heterocycles. The van der Waals surface area contributed by atoms with E-state index >= 15 is 0 Å². The lowest BCUT2D eigenvalue weighted by atomic mass is 10.2. The quantitative estimate of drug-likeness (QED) is 0.761. The van der Waals surface area contributed by atoms with Crippen molar-refractivity contribution in [3.05, 3.63) is 60.4 Å². The summed E-state index contributed by atoms with van der Waals surface area (Å²) in [6.07, 6.45) is 0. The van der Waals surface area contributed by atoms with Gasteiger partial charge in [0, 0.05) is 0 Å². The number of aromatic nitrogens is 3. The van der Waals surface area contributed by atoms with Crippen molar-refractivity contribution in [1.82, 2.24) is 14.8 Å². The fraction of sp³-hybridized carbons (Fsp3) is 0.0667. The maximum atomic E-state index is 9.96. The number of aryl methyl sites for hydroxylation is 1. The Hall–Kier alpha value is -2.62. The highest BCUT2D eigenvalue weighted by molar-refractivity contribution is 5.65. The molecular formula is C15H13N3O. The van der Waals surface area contributed by atoms with Crippen LogP contribution in [0.15, 0.2) is 54.6 Å². The van der Waals surface area contributed by atoms with E-state index in [9.17, 15) is 5.11 Å². The fourth-order valence-electron chi connectivity index (χ4n) is 2.00. The SMILES string of the molecule is Cc1nc(-c2ccccc2O)n(-c2ccccc2)n1. The third kappa shape index (κ3) is 2.08. The van der Waals surface area contributed by atoms with Crippen molar-refractivity contribution in [2.75, 3.05) is 0 Å². The van der Waals surface area contributed by atoms with Gasteiger partial charge >= 0.3 is 0 Å². The van der Waals surface area contributed by atoms with Gasteiger partial charge in [-0.2, -0.15) is 5.10 Å². The minimum Gasteiger partial charge on any atom is -0.507 e. The van der Waals surface area contributed by atoms with Gasteiger partial charge in [0.15, 0.2) is 5.82 Å². The molecule has 0 unspecified atom stereocenters. The summed E-state index contributed by atoms with van der Waals surface area (Å²) in [4.78, 5) is 4.41. The molecule has 3 aromatic rings. The average molecular weight is 251 g/mol. The molecule has 0 aliphatic rings. The number of benzene rings is 2. The second-order valence-corrected chi connectivity index (χ2v) is 4.25. The molecule has 0 radical (unpaired) electrons. The van der Waals surface area contributed by atoms with E-state index in [0.29, 0.717) is 17.2 Å². The normalized spacial score (nSPS) is 10.6. The van der Waals surface area contributed by atoms with Crippen molar-refractivity contribution in [1.29, 1.82) is 0 Å². The highest BCUT2D eigenvalue weighted by atomic mass is 16.3. The third-order valence-electron chi connectivity index (χ3n) is 2.86. The third-order valence-corrected chi connectivity index (χ3v) is 2.86. The fourth-order valence-corrected chi connectivity index (χ4v) is 2.00. The molecule has 4 heteroatoms. The second-order valence-electron chi connectivity index (χ2n) is 4.25. The Labute approximate surface area is 111 Å². The zero-order valence-electron chi connectivity index (χ0n) is 10.5. The standard InChI is InChI=1S/C15H13N3O/c1-11-16-15(13-9-5-6-10-14(13)19)18(17-11)12-7-3-2-4-8-12/h2-10,19H,1H3. The number of hydrogen-bond acceptors (Lipinski definition) is 3. The maximum absolute atomic E-state index is 9.96. The molecule has 94 valence electrons. The molecule has 3 rings (SSSR count). The molecule has 1 aromatic heterocycles. The molecule has 0 amide bonds. The summed E-state index contributed by atoms with van der Waals surface area (Å²) in [7, 11) is 0. The maximum Gasteiger partial charge on any atom is 0.167 e. The van der Waals surface area contributed by atoms with Crippen LogP contribution in [0.2, 0.25) is 0 Å². The van der Waals surface area contributed by atoms with Crippen molar-refractivity contribution in [3.8, 4) is 22.8 Å². The van der Waals surface area contributed by atoms with Crippen molar-refractivity contribution >= 4 is 0 Å². The monoisotopic (exact) mass is 251 g/mol. The summed E-state index contributed by atoms with van der Waals surface area (Å²) < 4.78 is 1.74. The van der Waals surface area contributed by atoms with Gasteiger partial charge in [0.05, 0.1) is 11.3 Å². The Morgan fingerprint density at radius 1 is 0.947 bits per heavy atom. The van der Waals surface area contributed by atoms with E-state index in [1.54, 1.807) is 16.8 Å². The van der Waals surface area contributed by atoms with Crippen LogP contribution in [0.5, 0.6) is 5.75 Å². The Bertz CT molecular complexity index is 704. The van der Waals surface area contributed by atoms with Gasteiger partial charge in [-0.1, -0.05) is 30.3 Å². The number of aromatic hydroxyl groups is 1. The van der Waals surface area contributed by atoms with E-state index in [0.717, 1.165) is 5.69 Å². The van der Waals surface area contributed by atoms with Crippen LogP contribution in [-0.2, 0) is 0 Å². The van der Waals surface area contributed by atoms with Gasteiger partial charge in [-0.05, 0) is 31.2 Å². The minimum absolute atomic E-state index is 0.201. The minimum atomic E-state index is 0.201. The Morgan fingerprint density at radius 2 is 1.63 bits per heavy atom. The number of rotatable bonds is 2. The lowest BCUT2D eigenvalue weighted by Gasteiger charge is -2.06. The van der Waals surface area contributed by atoms with E-state index in [1.807, 2.05) is 49.4 Å². The first-order chi connectivity index (χ1) is 9.25. The van der Waals surface area contributed by atoms with Crippen molar-refractivity contribution in [3.63, 3.8) is 0 Å². The smallest absolute Gasteiger partial charge is 0.167 e. The van der Waals surface area contributed by atoms with Gasteiger partial charge < -0.3 is 5.11 Å². The van der Waals surface area contributed by atoms with E-state index in [1.165, 1.54) is 0 Å². The average Bonchev–Trinajstić information content (AvgIpc) is 2.82. The molecule has 0 bridgehead atoms. The zero-order chi connectivity index (χ0) is 13.2. The van der Waals surface area contributed by atoms with E-state index in [2.05, 4.69) is 10.1 Å². The van der Waals surface area contributed by atoms with Gasteiger partial charge in [-0.25, -0.2) is 9.67 Å². The predicted octanol–water partition coefficient (Wildman–Crippen LogP) is 2.95. The highest BCUT2D eigenvalue weighted by Gasteiger charge is 2.14. The molecule has 4 nitrogen and oxygen atoms in total. The topological polar surface area (TPSA) is 50.9 Å². The largest absolute Gasteiger partial charge is 0.507 e. The molecule has 1 heterocycles. The number of phenolic OH excluding ortho intramolecular Hbond substituents is 1. The van der Waals surface area contributed by atoms with Crippen LogP contribution in [0.1, 0.15) is 5.82 Å². The lowest BCUT2D eigenvalue weighted by Crippen LogP contribution is -1.99. The molecule has 0 fully saturated rings. The van der Waals surface area contributed by atoms with Gasteiger partial charge in [-0.15, -0.1) is 0 Å². The van der Waals surface area contributed by atoms with Crippen molar-refractivity contribution in [2.24, 2.45) is 0 Å². The molecular weight excluding hydrogens is 238 g/mol.